The Hall–Kier alpha value is -4.13. The number of rotatable bonds is 7. The van der Waals surface area contributed by atoms with Crippen molar-refractivity contribution in [3.05, 3.63) is 89.5 Å². The fourth-order valence-corrected chi connectivity index (χ4v) is 4.00. The predicted octanol–water partition coefficient (Wildman–Crippen LogP) is 3.93. The van der Waals surface area contributed by atoms with E-state index in [0.717, 1.165) is 16.8 Å². The first kappa shape index (κ1) is 23.0. The average molecular weight is 458 g/mol. The number of carbonyl (C=O) groups is 3. The SMILES string of the molecule is COc1ccccc1CNC(=O)c1ccccc1NC(=O)C1CC(=O)N(c2ccc(C)cc2)C1. The van der Waals surface area contributed by atoms with Crippen LogP contribution in [0.2, 0.25) is 0 Å². The van der Waals surface area contributed by atoms with Gasteiger partial charge in [0.2, 0.25) is 11.8 Å². The molecular formula is C27H27N3O4. The van der Waals surface area contributed by atoms with Gasteiger partial charge in [-0.15, -0.1) is 0 Å². The summed E-state index contributed by atoms with van der Waals surface area (Å²) in [5, 5.41) is 5.73. The molecule has 1 saturated heterocycles. The molecule has 0 aliphatic carbocycles. The van der Waals surface area contributed by atoms with Gasteiger partial charge < -0.3 is 20.3 Å². The maximum Gasteiger partial charge on any atom is 0.253 e. The molecule has 1 aliphatic heterocycles. The molecule has 3 aromatic rings. The van der Waals surface area contributed by atoms with E-state index in [-0.39, 0.29) is 30.7 Å². The minimum Gasteiger partial charge on any atom is -0.496 e. The van der Waals surface area contributed by atoms with E-state index >= 15 is 0 Å². The summed E-state index contributed by atoms with van der Waals surface area (Å²) in [5.74, 6) is -0.503. The van der Waals surface area contributed by atoms with Gasteiger partial charge in [-0.1, -0.05) is 48.0 Å². The summed E-state index contributed by atoms with van der Waals surface area (Å²) < 4.78 is 5.33. The van der Waals surface area contributed by atoms with Gasteiger partial charge >= 0.3 is 0 Å². The van der Waals surface area contributed by atoms with E-state index in [4.69, 9.17) is 4.74 Å². The van der Waals surface area contributed by atoms with Crippen molar-refractivity contribution in [2.45, 2.75) is 19.9 Å². The Morgan fingerprint density at radius 1 is 1.00 bits per heavy atom. The Labute approximate surface area is 198 Å². The number of methoxy groups -OCH3 is 1. The molecule has 1 aliphatic rings. The molecule has 0 saturated carbocycles. The zero-order valence-corrected chi connectivity index (χ0v) is 19.2. The van der Waals surface area contributed by atoms with E-state index in [1.54, 1.807) is 36.3 Å². The molecule has 0 aromatic heterocycles. The van der Waals surface area contributed by atoms with Gasteiger partial charge in [-0.05, 0) is 37.3 Å². The molecule has 3 aromatic carbocycles. The Morgan fingerprint density at radius 3 is 2.47 bits per heavy atom. The maximum atomic E-state index is 13.0. The fourth-order valence-electron chi connectivity index (χ4n) is 4.00. The number of anilines is 2. The number of benzene rings is 3. The quantitative estimate of drug-likeness (QED) is 0.563. The van der Waals surface area contributed by atoms with Gasteiger partial charge in [0.25, 0.3) is 5.91 Å². The van der Waals surface area contributed by atoms with Crippen LogP contribution in [0.5, 0.6) is 5.75 Å². The van der Waals surface area contributed by atoms with Crippen LogP contribution < -0.4 is 20.3 Å². The van der Waals surface area contributed by atoms with Crippen molar-refractivity contribution in [3.63, 3.8) is 0 Å². The van der Waals surface area contributed by atoms with E-state index in [1.807, 2.05) is 55.5 Å². The van der Waals surface area contributed by atoms with E-state index in [1.165, 1.54) is 0 Å². The molecule has 7 nitrogen and oxygen atoms in total. The van der Waals surface area contributed by atoms with Gasteiger partial charge in [-0.25, -0.2) is 0 Å². The lowest BCUT2D eigenvalue weighted by Crippen LogP contribution is -2.29. The van der Waals surface area contributed by atoms with Gasteiger partial charge in [0.15, 0.2) is 0 Å². The first-order valence-corrected chi connectivity index (χ1v) is 11.1. The van der Waals surface area contributed by atoms with Gasteiger partial charge in [0, 0.05) is 30.8 Å². The van der Waals surface area contributed by atoms with Crippen molar-refractivity contribution >= 4 is 29.1 Å². The smallest absolute Gasteiger partial charge is 0.253 e. The third-order valence-electron chi connectivity index (χ3n) is 5.90. The number of para-hydroxylation sites is 2. The van der Waals surface area contributed by atoms with Crippen LogP contribution in [-0.4, -0.2) is 31.4 Å². The van der Waals surface area contributed by atoms with Gasteiger partial charge in [0.05, 0.1) is 24.3 Å². The van der Waals surface area contributed by atoms with Crippen LogP contribution in [-0.2, 0) is 16.1 Å². The number of aryl methyl sites for hydroxylation is 1. The highest BCUT2D eigenvalue weighted by molar-refractivity contribution is 6.07. The molecule has 0 radical (unpaired) electrons. The molecule has 1 unspecified atom stereocenters. The minimum atomic E-state index is -0.501. The van der Waals surface area contributed by atoms with Crippen LogP contribution in [0, 0.1) is 12.8 Å². The lowest BCUT2D eigenvalue weighted by Gasteiger charge is -2.17. The number of hydrogen-bond donors (Lipinski definition) is 2. The van der Waals surface area contributed by atoms with Crippen LogP contribution in [0.4, 0.5) is 11.4 Å². The summed E-state index contributed by atoms with van der Waals surface area (Å²) in [7, 11) is 1.58. The summed E-state index contributed by atoms with van der Waals surface area (Å²) in [5.41, 5.74) is 3.49. The molecule has 7 heteroatoms. The van der Waals surface area contributed by atoms with Crippen molar-refractivity contribution < 1.29 is 19.1 Å². The van der Waals surface area contributed by atoms with E-state index < -0.39 is 5.92 Å². The van der Waals surface area contributed by atoms with Crippen molar-refractivity contribution in [2.24, 2.45) is 5.92 Å². The summed E-state index contributed by atoms with van der Waals surface area (Å²) in [6.07, 6.45) is 0.127. The number of carbonyl (C=O) groups excluding carboxylic acids is 3. The Morgan fingerprint density at radius 2 is 1.71 bits per heavy atom. The average Bonchev–Trinajstić information content (AvgIpc) is 3.25. The van der Waals surface area contributed by atoms with Crippen LogP contribution >= 0.6 is 0 Å². The largest absolute Gasteiger partial charge is 0.496 e. The van der Waals surface area contributed by atoms with Crippen LogP contribution in [0.25, 0.3) is 0 Å². The molecule has 1 fully saturated rings. The number of ether oxygens (including phenoxy) is 1. The highest BCUT2D eigenvalue weighted by atomic mass is 16.5. The lowest BCUT2D eigenvalue weighted by molar-refractivity contribution is -0.122. The van der Waals surface area contributed by atoms with Crippen molar-refractivity contribution in [1.82, 2.24) is 5.32 Å². The minimum absolute atomic E-state index is 0.0909. The second kappa shape index (κ2) is 10.2. The zero-order valence-electron chi connectivity index (χ0n) is 19.2. The summed E-state index contributed by atoms with van der Waals surface area (Å²) in [4.78, 5) is 40.1. The number of amides is 3. The fraction of sp³-hybridized carbons (Fsp3) is 0.222. The molecular weight excluding hydrogens is 430 g/mol. The van der Waals surface area contributed by atoms with Crippen molar-refractivity contribution in [3.8, 4) is 5.75 Å². The lowest BCUT2D eigenvalue weighted by atomic mass is 10.1. The summed E-state index contributed by atoms with van der Waals surface area (Å²) >= 11 is 0. The predicted molar refractivity (Wildman–Crippen MR) is 131 cm³/mol. The highest BCUT2D eigenvalue weighted by Gasteiger charge is 2.35. The highest BCUT2D eigenvalue weighted by Crippen LogP contribution is 2.27. The molecule has 0 spiro atoms. The van der Waals surface area contributed by atoms with Crippen LogP contribution in [0.1, 0.15) is 27.9 Å². The van der Waals surface area contributed by atoms with Crippen LogP contribution in [0.15, 0.2) is 72.8 Å². The van der Waals surface area contributed by atoms with E-state index in [0.29, 0.717) is 23.5 Å². The van der Waals surface area contributed by atoms with Gasteiger partial charge in [0.1, 0.15) is 5.75 Å². The normalized spacial score (nSPS) is 15.2. The topological polar surface area (TPSA) is 87.7 Å². The third-order valence-corrected chi connectivity index (χ3v) is 5.90. The molecule has 34 heavy (non-hydrogen) atoms. The standard InChI is InChI=1S/C27H27N3O4/c1-18-11-13-21(14-12-18)30-17-20(15-25(30)31)26(32)29-23-9-5-4-8-22(23)27(33)28-16-19-7-3-6-10-24(19)34-2/h3-14,20H,15-17H2,1-2H3,(H,28,33)(H,29,32). The summed E-state index contributed by atoms with van der Waals surface area (Å²) in [6, 6.07) is 21.9. The summed E-state index contributed by atoms with van der Waals surface area (Å²) in [6.45, 7) is 2.57. The molecule has 174 valence electrons. The number of nitrogens with one attached hydrogen (secondary N) is 2. The number of hydrogen-bond acceptors (Lipinski definition) is 4. The monoisotopic (exact) mass is 457 g/mol. The molecule has 1 heterocycles. The van der Waals surface area contributed by atoms with Crippen LogP contribution in [0.3, 0.4) is 0 Å². The van der Waals surface area contributed by atoms with Gasteiger partial charge in [-0.2, -0.15) is 0 Å². The van der Waals surface area contributed by atoms with Crippen molar-refractivity contribution in [2.75, 3.05) is 23.9 Å². The molecule has 2 N–H and O–H groups in total. The molecule has 4 rings (SSSR count). The molecule has 0 bridgehead atoms. The Kier molecular flexibility index (Phi) is 6.92. The Balaban J connectivity index is 1.42. The van der Waals surface area contributed by atoms with E-state index in [9.17, 15) is 14.4 Å². The Bertz CT molecular complexity index is 1210. The second-order valence-corrected chi connectivity index (χ2v) is 8.27. The van der Waals surface area contributed by atoms with Crippen molar-refractivity contribution in [1.29, 1.82) is 0 Å². The molecule has 1 atom stereocenters. The first-order chi connectivity index (χ1) is 16.5. The molecule has 3 amide bonds. The first-order valence-electron chi connectivity index (χ1n) is 11.1. The van der Waals surface area contributed by atoms with Gasteiger partial charge in [-0.3, -0.25) is 14.4 Å². The van der Waals surface area contributed by atoms with E-state index in [2.05, 4.69) is 10.6 Å². The second-order valence-electron chi connectivity index (χ2n) is 8.27. The number of nitrogens with zero attached hydrogens (tertiary/aromatic N) is 1. The third kappa shape index (κ3) is 5.09. The maximum absolute atomic E-state index is 13.0. The zero-order chi connectivity index (χ0) is 24.1.